The van der Waals surface area contributed by atoms with E-state index in [1.807, 2.05) is 0 Å². The van der Waals surface area contributed by atoms with Crippen LogP contribution in [0.15, 0.2) is 0 Å². The Labute approximate surface area is 252 Å². The van der Waals surface area contributed by atoms with Gasteiger partial charge in [0.15, 0.2) is 0 Å². The van der Waals surface area contributed by atoms with Crippen LogP contribution in [0.3, 0.4) is 0 Å². The Balaban J connectivity index is -0.000000264. The normalized spacial score (nSPS) is 10.4. The zero-order valence-electron chi connectivity index (χ0n) is 26.6. The van der Waals surface area contributed by atoms with Gasteiger partial charge in [-0.15, -0.1) is 0 Å². The second kappa shape index (κ2) is 40.7. The van der Waals surface area contributed by atoms with Gasteiger partial charge in [-0.1, -0.05) is 163 Å². The molecule has 220 valence electrons. The van der Waals surface area contributed by atoms with Crippen LogP contribution in [0.5, 0.6) is 0 Å². The summed E-state index contributed by atoms with van der Waals surface area (Å²) in [4.78, 5) is 10.3. The minimum absolute atomic E-state index is 0. The fraction of sp³-hybridized carbons (Fsp3) is 0.912. The average molecular weight is 535 g/mol. The van der Waals surface area contributed by atoms with Gasteiger partial charge in [0.05, 0.1) is 0 Å². The van der Waals surface area contributed by atoms with Crippen molar-refractivity contribution in [2.75, 3.05) is 0 Å². The summed E-state index contributed by atoms with van der Waals surface area (Å²) in [5.74, 6) is 1.10. The molecule has 0 aromatic heterocycles. The topological polar surface area (TPSA) is 37.3 Å². The number of hydrogen-bond acceptors (Lipinski definition) is 1. The summed E-state index contributed by atoms with van der Waals surface area (Å²) in [7, 11) is 0. The molecule has 0 spiro atoms. The van der Waals surface area contributed by atoms with Crippen LogP contribution in [-0.4, -0.2) is 34.1 Å². The van der Waals surface area contributed by atoms with Gasteiger partial charge in [-0.3, -0.25) is 4.79 Å². The van der Waals surface area contributed by atoms with Gasteiger partial charge < -0.3 is 19.0 Å². The van der Waals surface area contributed by atoms with Crippen molar-refractivity contribution < 1.29 is 9.90 Å². The molecular weight excluding hydrogens is 465 g/mol. The van der Waals surface area contributed by atoms with Crippen LogP contribution in [0, 0.1) is 25.7 Å². The van der Waals surface area contributed by atoms with Gasteiger partial charge in [0.25, 0.3) is 0 Å². The van der Waals surface area contributed by atoms with Crippen molar-refractivity contribution in [3.63, 3.8) is 0 Å². The largest absolute Gasteiger partial charge is 2.00 e. The zero-order valence-corrected chi connectivity index (χ0v) is 28.0. The van der Waals surface area contributed by atoms with Gasteiger partial charge in [0.1, 0.15) is 0 Å². The molecular formula is C34H70MgO2. The molecule has 0 aliphatic heterocycles. The maximum Gasteiger partial charge on any atom is 2.00 e. The molecule has 2 nitrogen and oxygen atoms in total. The minimum atomic E-state index is -0.653. The van der Waals surface area contributed by atoms with Gasteiger partial charge in [-0.05, 0) is 18.3 Å². The summed E-state index contributed by atoms with van der Waals surface area (Å²) >= 11 is 0. The van der Waals surface area contributed by atoms with Crippen LogP contribution < -0.4 is 0 Å². The average Bonchev–Trinajstić information content (AvgIpc) is 2.82. The third-order valence-corrected chi connectivity index (χ3v) is 6.56. The van der Waals surface area contributed by atoms with Crippen molar-refractivity contribution in [1.29, 1.82) is 0 Å². The number of carboxylic acid groups (broad SMARTS) is 1. The van der Waals surface area contributed by atoms with E-state index in [1.165, 1.54) is 122 Å². The van der Waals surface area contributed by atoms with Crippen molar-refractivity contribution in [3.05, 3.63) is 13.8 Å². The summed E-state index contributed by atoms with van der Waals surface area (Å²) in [6.45, 7) is 18.9. The van der Waals surface area contributed by atoms with Crippen molar-refractivity contribution in [3.8, 4) is 0 Å². The monoisotopic (exact) mass is 535 g/mol. The van der Waals surface area contributed by atoms with E-state index in [0.717, 1.165) is 37.5 Å². The predicted octanol–water partition coefficient (Wildman–Crippen LogP) is 12.0. The summed E-state index contributed by atoms with van der Waals surface area (Å²) in [5, 5.41) is 8.52. The fourth-order valence-electron chi connectivity index (χ4n) is 4.11. The SMILES string of the molecule is CCCCCCCCCCCCCCCCCC(=O)O.[CH2-]CCCCC(C)C.[CH2-]CCCCC(C)C.[Mg+2]. The van der Waals surface area contributed by atoms with Gasteiger partial charge in [-0.2, -0.15) is 12.8 Å². The first kappa shape index (κ1) is 44.3. The summed E-state index contributed by atoms with van der Waals surface area (Å²) in [6, 6.07) is 0. The van der Waals surface area contributed by atoms with Crippen LogP contribution in [0.25, 0.3) is 0 Å². The second-order valence-electron chi connectivity index (χ2n) is 11.6. The third kappa shape index (κ3) is 57.3. The Bertz CT molecular complexity index is 368. The van der Waals surface area contributed by atoms with Gasteiger partial charge >= 0.3 is 29.0 Å². The quantitative estimate of drug-likeness (QED) is 0.0759. The molecule has 0 bridgehead atoms. The molecule has 0 aromatic rings. The Morgan fingerprint density at radius 1 is 0.541 bits per heavy atom. The van der Waals surface area contributed by atoms with Crippen LogP contribution in [-0.2, 0) is 4.79 Å². The van der Waals surface area contributed by atoms with Gasteiger partial charge in [0, 0.05) is 6.42 Å². The van der Waals surface area contributed by atoms with Crippen LogP contribution in [0.2, 0.25) is 0 Å². The molecule has 0 aromatic carbocycles. The van der Waals surface area contributed by atoms with Crippen molar-refractivity contribution >= 4 is 29.0 Å². The molecule has 0 saturated heterocycles. The second-order valence-corrected chi connectivity index (χ2v) is 11.6. The Morgan fingerprint density at radius 3 is 1.08 bits per heavy atom. The van der Waals surface area contributed by atoms with E-state index in [-0.39, 0.29) is 23.1 Å². The van der Waals surface area contributed by atoms with Gasteiger partial charge in [0.2, 0.25) is 0 Å². The molecule has 3 heteroatoms. The van der Waals surface area contributed by atoms with E-state index >= 15 is 0 Å². The Hall–Kier alpha value is 0.236. The van der Waals surface area contributed by atoms with E-state index in [9.17, 15) is 4.79 Å². The molecule has 37 heavy (non-hydrogen) atoms. The molecule has 1 N–H and O–H groups in total. The van der Waals surface area contributed by atoms with Crippen molar-refractivity contribution in [2.45, 2.75) is 189 Å². The molecule has 0 aliphatic carbocycles. The van der Waals surface area contributed by atoms with E-state index in [2.05, 4.69) is 48.5 Å². The molecule has 0 amide bonds. The Kier molecular flexibility index (Phi) is 48.7. The molecule has 0 unspecified atom stereocenters. The smallest absolute Gasteiger partial charge is 0.481 e. The van der Waals surface area contributed by atoms with Crippen LogP contribution in [0.4, 0.5) is 0 Å². The first-order valence-corrected chi connectivity index (χ1v) is 16.1. The molecule has 0 saturated carbocycles. The van der Waals surface area contributed by atoms with Crippen molar-refractivity contribution in [1.82, 2.24) is 0 Å². The molecule has 0 aliphatic rings. The Morgan fingerprint density at radius 2 is 0.838 bits per heavy atom. The van der Waals surface area contributed by atoms with Crippen LogP contribution >= 0.6 is 0 Å². The van der Waals surface area contributed by atoms with Crippen molar-refractivity contribution in [2.24, 2.45) is 11.8 Å². The number of carboxylic acids is 1. The summed E-state index contributed by atoms with van der Waals surface area (Å²) < 4.78 is 0. The first-order chi connectivity index (χ1) is 17.3. The van der Waals surface area contributed by atoms with Crippen LogP contribution in [0.1, 0.15) is 189 Å². The number of hydrogen-bond donors (Lipinski definition) is 1. The maximum atomic E-state index is 10.3. The first-order valence-electron chi connectivity index (χ1n) is 16.1. The van der Waals surface area contributed by atoms with Gasteiger partial charge in [-0.25, -0.2) is 0 Å². The predicted molar refractivity (Wildman–Crippen MR) is 170 cm³/mol. The van der Waals surface area contributed by atoms with E-state index < -0.39 is 5.97 Å². The molecule has 0 fully saturated rings. The van der Waals surface area contributed by atoms with E-state index in [0.29, 0.717) is 6.42 Å². The number of rotatable bonds is 24. The summed E-state index contributed by atoms with van der Waals surface area (Å²) in [6.07, 6.45) is 30.5. The number of carbonyl (C=O) groups is 1. The molecule has 0 atom stereocenters. The third-order valence-electron chi connectivity index (χ3n) is 6.56. The standard InChI is InChI=1S/C18H36O2.2C8H17.Mg/c1-2-3-4-5-6-7-8-9-10-11-12-13-14-15-16-17-18(19)20;2*1-4-5-6-7-8(2)3;/h2-17H2,1H3,(H,19,20);2*8H,1,4-7H2,2-3H3;/q;2*-1;+2. The number of aliphatic carboxylic acids is 1. The summed E-state index contributed by atoms with van der Waals surface area (Å²) in [5.41, 5.74) is 0. The van der Waals surface area contributed by atoms with E-state index in [1.54, 1.807) is 0 Å². The minimum Gasteiger partial charge on any atom is -0.481 e. The number of unbranched alkanes of at least 4 members (excludes halogenated alkanes) is 18. The zero-order chi connectivity index (χ0) is 27.7. The maximum absolute atomic E-state index is 10.3. The molecule has 0 radical (unpaired) electrons. The molecule has 0 heterocycles. The molecule has 0 rings (SSSR count). The van der Waals surface area contributed by atoms with E-state index in [4.69, 9.17) is 5.11 Å². The fourth-order valence-corrected chi connectivity index (χ4v) is 4.11.